The Balaban J connectivity index is 2.14. The summed E-state index contributed by atoms with van der Waals surface area (Å²) in [7, 11) is 1.60. The lowest BCUT2D eigenvalue weighted by Gasteiger charge is -2.36. The first-order valence-corrected chi connectivity index (χ1v) is 7.31. The van der Waals surface area contributed by atoms with E-state index in [-0.39, 0.29) is 17.1 Å². The monoisotopic (exact) mass is 290 g/mol. The number of urea groups is 1. The highest BCUT2D eigenvalue weighted by Crippen LogP contribution is 2.28. The molecule has 0 bridgehead atoms. The first-order chi connectivity index (χ1) is 9.93. The molecule has 1 saturated carbocycles. The summed E-state index contributed by atoms with van der Waals surface area (Å²) in [5, 5.41) is 12.3. The number of carbonyl (C=O) groups excluding carboxylic acids is 1. The van der Waals surface area contributed by atoms with Crippen LogP contribution in [0.3, 0.4) is 0 Å². The second-order valence-corrected chi connectivity index (χ2v) is 5.93. The van der Waals surface area contributed by atoms with Gasteiger partial charge in [-0.15, -0.1) is 0 Å². The van der Waals surface area contributed by atoms with E-state index in [4.69, 9.17) is 0 Å². The van der Waals surface area contributed by atoms with Gasteiger partial charge in [-0.05, 0) is 31.9 Å². The van der Waals surface area contributed by atoms with Crippen molar-refractivity contribution < 1.29 is 14.7 Å². The zero-order chi connectivity index (χ0) is 15.5. The zero-order valence-electron chi connectivity index (χ0n) is 12.6. The molecule has 21 heavy (non-hydrogen) atoms. The van der Waals surface area contributed by atoms with E-state index in [2.05, 4.69) is 12.2 Å². The topological polar surface area (TPSA) is 69.6 Å². The van der Waals surface area contributed by atoms with Gasteiger partial charge in [0.05, 0.1) is 11.3 Å². The Kier molecular flexibility index (Phi) is 4.50. The molecule has 0 aliphatic heterocycles. The molecule has 5 nitrogen and oxygen atoms in total. The van der Waals surface area contributed by atoms with E-state index in [9.17, 15) is 14.7 Å². The molecule has 1 fully saturated rings. The van der Waals surface area contributed by atoms with E-state index in [1.165, 1.54) is 17.4 Å². The number of nitrogens with one attached hydrogen (secondary N) is 1. The summed E-state index contributed by atoms with van der Waals surface area (Å²) < 4.78 is 0. The second-order valence-electron chi connectivity index (χ2n) is 5.93. The number of hydrogen-bond acceptors (Lipinski definition) is 2. The van der Waals surface area contributed by atoms with Crippen LogP contribution in [0.1, 0.15) is 49.4 Å². The first-order valence-electron chi connectivity index (χ1n) is 7.31. The lowest BCUT2D eigenvalue weighted by atomic mass is 9.83. The van der Waals surface area contributed by atoms with E-state index >= 15 is 0 Å². The number of amides is 2. The van der Waals surface area contributed by atoms with Crippen LogP contribution in [0.2, 0.25) is 0 Å². The fraction of sp³-hybridized carbons (Fsp3) is 0.500. The molecule has 0 atom stereocenters. The summed E-state index contributed by atoms with van der Waals surface area (Å²) in [4.78, 5) is 25.0. The van der Waals surface area contributed by atoms with Crippen molar-refractivity contribution in [1.29, 1.82) is 0 Å². The smallest absolute Gasteiger partial charge is 0.337 e. The summed E-state index contributed by atoms with van der Waals surface area (Å²) in [5.74, 6) is -1.03. The molecule has 0 saturated heterocycles. The third-order valence-electron chi connectivity index (χ3n) is 4.17. The quantitative estimate of drug-likeness (QED) is 0.897. The van der Waals surface area contributed by atoms with Crippen molar-refractivity contribution in [2.45, 2.75) is 44.6 Å². The molecule has 1 aromatic rings. The van der Waals surface area contributed by atoms with Crippen molar-refractivity contribution >= 4 is 17.7 Å². The molecule has 2 rings (SSSR count). The van der Waals surface area contributed by atoms with Crippen LogP contribution < -0.4 is 10.2 Å². The molecule has 2 amide bonds. The van der Waals surface area contributed by atoms with Crippen molar-refractivity contribution in [3.63, 3.8) is 0 Å². The summed E-state index contributed by atoms with van der Waals surface area (Å²) in [5.41, 5.74) is 0.341. The van der Waals surface area contributed by atoms with Gasteiger partial charge >= 0.3 is 12.0 Å². The van der Waals surface area contributed by atoms with E-state index < -0.39 is 5.97 Å². The number of rotatable bonds is 3. The third-order valence-corrected chi connectivity index (χ3v) is 4.17. The third kappa shape index (κ3) is 3.54. The van der Waals surface area contributed by atoms with Gasteiger partial charge in [-0.3, -0.25) is 4.90 Å². The van der Waals surface area contributed by atoms with Gasteiger partial charge in [0.25, 0.3) is 0 Å². The highest BCUT2D eigenvalue weighted by Gasteiger charge is 2.30. The average Bonchev–Trinajstić information content (AvgIpc) is 2.46. The predicted molar refractivity (Wildman–Crippen MR) is 81.8 cm³/mol. The van der Waals surface area contributed by atoms with Gasteiger partial charge in [0.1, 0.15) is 0 Å². The Morgan fingerprint density at radius 2 is 1.81 bits per heavy atom. The Morgan fingerprint density at radius 1 is 1.19 bits per heavy atom. The van der Waals surface area contributed by atoms with Gasteiger partial charge in [-0.1, -0.05) is 31.4 Å². The van der Waals surface area contributed by atoms with Gasteiger partial charge < -0.3 is 10.4 Å². The van der Waals surface area contributed by atoms with Gasteiger partial charge in [0.2, 0.25) is 0 Å². The molecule has 1 aromatic carbocycles. The van der Waals surface area contributed by atoms with Crippen molar-refractivity contribution in [1.82, 2.24) is 5.32 Å². The second kappa shape index (κ2) is 6.16. The van der Waals surface area contributed by atoms with E-state index in [1.807, 2.05) is 0 Å². The normalized spacial score (nSPS) is 17.0. The summed E-state index contributed by atoms with van der Waals surface area (Å²) in [6.07, 6.45) is 5.38. The number of aromatic carboxylic acids is 1. The maximum Gasteiger partial charge on any atom is 0.337 e. The van der Waals surface area contributed by atoms with Crippen molar-refractivity contribution in [3.8, 4) is 0 Å². The van der Waals surface area contributed by atoms with Gasteiger partial charge in [0, 0.05) is 12.6 Å². The predicted octanol–water partition coefficient (Wildman–Crippen LogP) is 3.25. The zero-order valence-corrected chi connectivity index (χ0v) is 12.6. The fourth-order valence-corrected chi connectivity index (χ4v) is 2.86. The molecule has 1 aliphatic carbocycles. The van der Waals surface area contributed by atoms with Crippen LogP contribution in [-0.2, 0) is 0 Å². The maximum atomic E-state index is 12.4. The minimum absolute atomic E-state index is 0.129. The first kappa shape index (κ1) is 15.4. The minimum Gasteiger partial charge on any atom is -0.478 e. The summed E-state index contributed by atoms with van der Waals surface area (Å²) >= 11 is 0. The summed E-state index contributed by atoms with van der Waals surface area (Å²) in [6, 6.07) is 6.28. The number of nitrogens with zero attached hydrogens (tertiary/aromatic N) is 1. The van der Waals surface area contributed by atoms with Crippen LogP contribution in [-0.4, -0.2) is 29.7 Å². The molecule has 114 valence electrons. The number of para-hydroxylation sites is 1. The molecular formula is C16H22N2O3. The van der Waals surface area contributed by atoms with Gasteiger partial charge in [-0.25, -0.2) is 9.59 Å². The summed E-state index contributed by atoms with van der Waals surface area (Å²) in [6.45, 7) is 2.06. The van der Waals surface area contributed by atoms with E-state index in [1.54, 1.807) is 25.2 Å². The number of hydrogen-bond donors (Lipinski definition) is 2. The molecule has 0 heterocycles. The number of carbonyl (C=O) groups is 2. The van der Waals surface area contributed by atoms with Crippen molar-refractivity contribution in [3.05, 3.63) is 29.8 Å². The molecule has 0 unspecified atom stereocenters. The number of benzene rings is 1. The Morgan fingerprint density at radius 3 is 2.43 bits per heavy atom. The van der Waals surface area contributed by atoms with Crippen LogP contribution in [0.5, 0.6) is 0 Å². The van der Waals surface area contributed by atoms with Gasteiger partial charge in [0.15, 0.2) is 0 Å². The Labute approximate surface area is 125 Å². The number of carboxylic acids is 1. The standard InChI is InChI=1S/C16H22N2O3/c1-16(10-6-3-7-11-16)17-15(21)18(2)13-9-5-4-8-12(13)14(19)20/h4-5,8-9H,3,6-7,10-11H2,1-2H3,(H,17,21)(H,19,20). The van der Waals surface area contributed by atoms with Crippen LogP contribution in [0.25, 0.3) is 0 Å². The van der Waals surface area contributed by atoms with Crippen LogP contribution in [0.4, 0.5) is 10.5 Å². The minimum atomic E-state index is -1.03. The lowest BCUT2D eigenvalue weighted by Crippen LogP contribution is -2.51. The molecular weight excluding hydrogens is 268 g/mol. The van der Waals surface area contributed by atoms with Crippen molar-refractivity contribution in [2.24, 2.45) is 0 Å². The fourth-order valence-electron chi connectivity index (χ4n) is 2.86. The molecule has 2 N–H and O–H groups in total. The maximum absolute atomic E-state index is 12.4. The molecule has 0 radical (unpaired) electrons. The number of carboxylic acid groups (broad SMARTS) is 1. The lowest BCUT2D eigenvalue weighted by molar-refractivity contribution is 0.0697. The van der Waals surface area contributed by atoms with Crippen LogP contribution >= 0.6 is 0 Å². The molecule has 0 aromatic heterocycles. The van der Waals surface area contributed by atoms with E-state index in [0.29, 0.717) is 5.69 Å². The van der Waals surface area contributed by atoms with Crippen LogP contribution in [0, 0.1) is 0 Å². The SMILES string of the molecule is CN(C(=O)NC1(C)CCCCC1)c1ccccc1C(=O)O. The molecule has 5 heteroatoms. The largest absolute Gasteiger partial charge is 0.478 e. The van der Waals surface area contributed by atoms with Crippen molar-refractivity contribution in [2.75, 3.05) is 11.9 Å². The van der Waals surface area contributed by atoms with E-state index in [0.717, 1.165) is 25.7 Å². The average molecular weight is 290 g/mol. The Bertz CT molecular complexity index is 536. The highest BCUT2D eigenvalue weighted by atomic mass is 16.4. The van der Waals surface area contributed by atoms with Crippen LogP contribution in [0.15, 0.2) is 24.3 Å². The highest BCUT2D eigenvalue weighted by molar-refractivity contribution is 6.01. The number of anilines is 1. The Hall–Kier alpha value is -2.04. The molecule has 0 spiro atoms. The molecule has 1 aliphatic rings. The van der Waals surface area contributed by atoms with Gasteiger partial charge in [-0.2, -0.15) is 0 Å².